The number of rotatable bonds is 18. The smallest absolute Gasteiger partial charge is 0.305 e. The summed E-state index contributed by atoms with van der Waals surface area (Å²) in [6.45, 7) is 15.0. The van der Waals surface area contributed by atoms with E-state index in [9.17, 15) is 4.79 Å². The van der Waals surface area contributed by atoms with Crippen LogP contribution in [0.15, 0.2) is 36.9 Å². The van der Waals surface area contributed by atoms with E-state index in [4.69, 9.17) is 9.72 Å². The Morgan fingerprint density at radius 2 is 1.84 bits per heavy atom. The second kappa shape index (κ2) is 16.9. The van der Waals surface area contributed by atoms with Gasteiger partial charge < -0.3 is 29.4 Å². The van der Waals surface area contributed by atoms with Crippen LogP contribution >= 0.6 is 11.3 Å². The van der Waals surface area contributed by atoms with E-state index in [-0.39, 0.29) is 12.0 Å². The van der Waals surface area contributed by atoms with E-state index in [1.54, 1.807) is 0 Å². The van der Waals surface area contributed by atoms with Gasteiger partial charge in [-0.1, -0.05) is 13.8 Å². The highest BCUT2D eigenvalue weighted by atomic mass is 32.1. The van der Waals surface area contributed by atoms with Crippen LogP contribution in [0, 0.1) is 5.41 Å². The molecular formula is C35H55N7O2S. The molecule has 0 aliphatic carbocycles. The molecule has 3 aromatic heterocycles. The summed E-state index contributed by atoms with van der Waals surface area (Å²) >= 11 is 1.81. The third-order valence-corrected chi connectivity index (χ3v) is 11.2. The SMILES string of the molecule is CCOC(=O)CCCc1ccc(CNC(Cc2nccn2CCCN2CCC3(CCN(C(CC)CC)CC3)C2)c2ncc[nH]2)s1. The topological polar surface area (TPSA) is 91.3 Å². The number of aryl methyl sites for hydroxylation is 2. The molecule has 2 aliphatic rings. The summed E-state index contributed by atoms with van der Waals surface area (Å²) < 4.78 is 7.39. The number of carbonyl (C=O) groups is 1. The van der Waals surface area contributed by atoms with Crippen LogP contribution in [0.5, 0.6) is 0 Å². The second-order valence-corrected chi connectivity index (χ2v) is 14.3. The Morgan fingerprint density at radius 3 is 2.60 bits per heavy atom. The van der Waals surface area contributed by atoms with Gasteiger partial charge in [0.25, 0.3) is 0 Å². The minimum atomic E-state index is -0.108. The Labute approximate surface area is 274 Å². The van der Waals surface area contributed by atoms with E-state index >= 15 is 0 Å². The Bertz CT molecular complexity index is 1280. The van der Waals surface area contributed by atoms with Crippen LogP contribution in [0.3, 0.4) is 0 Å². The van der Waals surface area contributed by atoms with Crippen LogP contribution in [-0.4, -0.2) is 80.7 Å². The van der Waals surface area contributed by atoms with Gasteiger partial charge in [0.15, 0.2) is 0 Å². The maximum absolute atomic E-state index is 11.7. The van der Waals surface area contributed by atoms with Gasteiger partial charge in [-0.3, -0.25) is 4.79 Å². The molecule has 0 radical (unpaired) electrons. The van der Waals surface area contributed by atoms with Crippen molar-refractivity contribution in [1.82, 2.24) is 34.6 Å². The number of aromatic nitrogens is 4. The summed E-state index contributed by atoms with van der Waals surface area (Å²) in [6.07, 6.45) is 18.6. The number of ether oxygens (including phenoxy) is 1. The zero-order valence-electron chi connectivity index (χ0n) is 27.8. The van der Waals surface area contributed by atoms with E-state index in [0.717, 1.165) is 63.0 Å². The molecule has 5 heterocycles. The molecule has 0 bridgehead atoms. The van der Waals surface area contributed by atoms with Crippen LogP contribution in [0.25, 0.3) is 0 Å². The van der Waals surface area contributed by atoms with Crippen molar-refractivity contribution in [3.63, 3.8) is 0 Å². The Balaban J connectivity index is 1.08. The highest BCUT2D eigenvalue weighted by Crippen LogP contribution is 2.41. The summed E-state index contributed by atoms with van der Waals surface area (Å²) in [6, 6.07) is 5.19. The first kappa shape index (κ1) is 33.8. The van der Waals surface area contributed by atoms with Crippen LogP contribution < -0.4 is 5.32 Å². The molecule has 1 atom stereocenters. The van der Waals surface area contributed by atoms with Gasteiger partial charge in [0.2, 0.25) is 0 Å². The average molecular weight is 638 g/mol. The predicted octanol–water partition coefficient (Wildman–Crippen LogP) is 5.99. The summed E-state index contributed by atoms with van der Waals surface area (Å²) in [5, 5.41) is 3.74. The molecule has 45 heavy (non-hydrogen) atoms. The number of esters is 1. The first-order valence-electron chi connectivity index (χ1n) is 17.4. The van der Waals surface area contributed by atoms with E-state index in [1.165, 1.54) is 68.0 Å². The fourth-order valence-electron chi connectivity index (χ4n) is 7.43. The first-order chi connectivity index (χ1) is 22.0. The van der Waals surface area contributed by atoms with Gasteiger partial charge in [0.05, 0.1) is 12.6 Å². The number of hydrogen-bond acceptors (Lipinski definition) is 8. The highest BCUT2D eigenvalue weighted by Gasteiger charge is 2.40. The maximum Gasteiger partial charge on any atom is 0.305 e. The van der Waals surface area contributed by atoms with Crippen LogP contribution in [0.1, 0.15) is 99.6 Å². The number of nitrogens with one attached hydrogen (secondary N) is 2. The molecule has 2 fully saturated rings. The Morgan fingerprint density at radius 1 is 1.04 bits per heavy atom. The van der Waals surface area contributed by atoms with E-state index in [1.807, 2.05) is 36.9 Å². The summed E-state index contributed by atoms with van der Waals surface area (Å²) in [5.41, 5.74) is 0.552. The third kappa shape index (κ3) is 9.50. The van der Waals surface area contributed by atoms with Gasteiger partial charge in [0.1, 0.15) is 11.6 Å². The molecule has 248 valence electrons. The number of imidazole rings is 2. The van der Waals surface area contributed by atoms with Crippen molar-refractivity contribution < 1.29 is 9.53 Å². The standard InChI is InChI=1S/C35H55N7O2S/c1-4-28(5-2)41-22-14-35(15-23-41)13-21-40(27-35)19-8-20-42-24-18-36-32(42)25-31(34-37-16-17-38-34)39-26-30-12-11-29(45-30)9-7-10-33(43)44-6-3/h11-12,16-18,24,28,31,39H,4-10,13-15,19-23,25-27H2,1-3H3,(H,37,38). The number of likely N-dealkylation sites (tertiary alicyclic amines) is 2. The maximum atomic E-state index is 11.7. The number of H-pyrrole nitrogens is 1. The van der Waals surface area contributed by atoms with Gasteiger partial charge in [-0.25, -0.2) is 9.97 Å². The van der Waals surface area contributed by atoms with Crippen molar-refractivity contribution in [1.29, 1.82) is 0 Å². The summed E-state index contributed by atoms with van der Waals surface area (Å²) in [7, 11) is 0. The number of thiophene rings is 1. The third-order valence-electron chi connectivity index (χ3n) is 10.1. The Hall–Kier alpha value is -2.53. The van der Waals surface area contributed by atoms with E-state index in [0.29, 0.717) is 18.4 Å². The molecule has 2 saturated heterocycles. The number of nitrogens with zero attached hydrogens (tertiary/aromatic N) is 5. The Kier molecular flexibility index (Phi) is 12.7. The largest absolute Gasteiger partial charge is 0.466 e. The minimum Gasteiger partial charge on any atom is -0.466 e. The molecule has 9 nitrogen and oxygen atoms in total. The zero-order chi connectivity index (χ0) is 31.5. The zero-order valence-corrected chi connectivity index (χ0v) is 28.6. The number of piperidine rings is 1. The van der Waals surface area contributed by atoms with Crippen molar-refractivity contribution >= 4 is 17.3 Å². The van der Waals surface area contributed by atoms with Crippen molar-refractivity contribution in [2.45, 2.75) is 110 Å². The van der Waals surface area contributed by atoms with Gasteiger partial charge in [-0.05, 0) is 102 Å². The minimum absolute atomic E-state index is 0.0415. The van der Waals surface area contributed by atoms with Crippen LogP contribution in [0.2, 0.25) is 0 Å². The lowest BCUT2D eigenvalue weighted by molar-refractivity contribution is -0.143. The fourth-order valence-corrected chi connectivity index (χ4v) is 8.44. The van der Waals surface area contributed by atoms with Crippen molar-refractivity contribution in [2.75, 3.05) is 39.3 Å². The molecule has 0 aromatic carbocycles. The van der Waals surface area contributed by atoms with Crippen LogP contribution in [-0.2, 0) is 35.5 Å². The molecule has 1 unspecified atom stereocenters. The molecular weight excluding hydrogens is 582 g/mol. The van der Waals surface area contributed by atoms with E-state index in [2.05, 4.69) is 61.8 Å². The normalized spacial score (nSPS) is 17.9. The molecule has 0 amide bonds. The van der Waals surface area contributed by atoms with Gasteiger partial charge in [-0.15, -0.1) is 11.3 Å². The lowest BCUT2D eigenvalue weighted by atomic mass is 9.77. The molecule has 10 heteroatoms. The number of aromatic amines is 1. The monoisotopic (exact) mass is 637 g/mol. The molecule has 2 N–H and O–H groups in total. The van der Waals surface area contributed by atoms with Crippen molar-refractivity contribution in [3.05, 3.63) is 58.3 Å². The van der Waals surface area contributed by atoms with Crippen LogP contribution in [0.4, 0.5) is 0 Å². The predicted molar refractivity (Wildman–Crippen MR) is 181 cm³/mol. The average Bonchev–Trinajstić information content (AvgIpc) is 3.87. The molecule has 3 aromatic rings. The van der Waals surface area contributed by atoms with E-state index < -0.39 is 0 Å². The lowest BCUT2D eigenvalue weighted by Crippen LogP contribution is -2.45. The molecule has 5 rings (SSSR count). The lowest BCUT2D eigenvalue weighted by Gasteiger charge is -2.42. The van der Waals surface area contributed by atoms with Gasteiger partial charge in [0, 0.05) is 73.1 Å². The number of carbonyl (C=O) groups excluding carboxylic acids is 1. The molecule has 2 aliphatic heterocycles. The summed E-state index contributed by atoms with van der Waals surface area (Å²) in [4.78, 5) is 32.4. The fraction of sp³-hybridized carbons (Fsp3) is 0.686. The summed E-state index contributed by atoms with van der Waals surface area (Å²) in [5.74, 6) is 1.93. The first-order valence-corrected chi connectivity index (χ1v) is 18.2. The molecule has 1 spiro atoms. The highest BCUT2D eigenvalue weighted by molar-refractivity contribution is 7.11. The van der Waals surface area contributed by atoms with Gasteiger partial charge >= 0.3 is 5.97 Å². The van der Waals surface area contributed by atoms with Crippen molar-refractivity contribution in [3.8, 4) is 0 Å². The quantitative estimate of drug-likeness (QED) is 0.166. The second-order valence-electron chi connectivity index (χ2n) is 13.1. The number of hydrogen-bond donors (Lipinski definition) is 2. The molecule has 0 saturated carbocycles. The van der Waals surface area contributed by atoms with Gasteiger partial charge in [-0.2, -0.15) is 0 Å². The van der Waals surface area contributed by atoms with Crippen molar-refractivity contribution in [2.24, 2.45) is 5.41 Å².